The molecule has 1 aromatic heterocycles. The molecule has 3 fully saturated rings. The number of ether oxygens (including phenoxy) is 1. The van der Waals surface area contributed by atoms with Gasteiger partial charge in [-0.05, 0) is 38.7 Å². The summed E-state index contributed by atoms with van der Waals surface area (Å²) in [6.07, 6.45) is 5.42. The molecule has 7 nitrogen and oxygen atoms in total. The van der Waals surface area contributed by atoms with Crippen LogP contribution < -0.4 is 10.6 Å². The minimum atomic E-state index is 0. The molecule has 2 aromatic rings. The highest BCUT2D eigenvalue weighted by Crippen LogP contribution is 2.62. The van der Waals surface area contributed by atoms with Gasteiger partial charge in [0.25, 0.3) is 0 Å². The number of aryl methyl sites for hydroxylation is 1. The summed E-state index contributed by atoms with van der Waals surface area (Å²) in [4.78, 5) is 4.92. The molecule has 0 bridgehead atoms. The summed E-state index contributed by atoms with van der Waals surface area (Å²) in [5, 5.41) is 15.9. The topological polar surface area (TPSA) is 76.4 Å². The van der Waals surface area contributed by atoms with E-state index in [2.05, 4.69) is 58.1 Å². The number of hydrogen-bond acceptors (Lipinski definition) is 4. The fourth-order valence-corrected chi connectivity index (χ4v) is 5.50. The maximum absolute atomic E-state index is 6.10. The first-order valence-electron chi connectivity index (χ1n) is 11.2. The number of halogens is 1. The third-order valence-electron chi connectivity index (χ3n) is 7.54. The van der Waals surface area contributed by atoms with E-state index in [0.29, 0.717) is 30.0 Å². The van der Waals surface area contributed by atoms with Crippen LogP contribution in [0.25, 0.3) is 0 Å². The Bertz CT molecular complexity index is 925. The van der Waals surface area contributed by atoms with Crippen LogP contribution in [-0.4, -0.2) is 39.5 Å². The van der Waals surface area contributed by atoms with E-state index in [-0.39, 0.29) is 30.0 Å². The summed E-state index contributed by atoms with van der Waals surface area (Å²) in [6, 6.07) is 11.1. The minimum Gasteiger partial charge on any atom is -0.377 e. The predicted octanol–water partition coefficient (Wildman–Crippen LogP) is 3.50. The fraction of sp³-hybridized carbons (Fsp3) is 0.609. The van der Waals surface area contributed by atoms with Gasteiger partial charge in [-0.2, -0.15) is 0 Å². The number of hydrogen-bond donors (Lipinski definition) is 2. The third-order valence-corrected chi connectivity index (χ3v) is 7.54. The van der Waals surface area contributed by atoms with Crippen LogP contribution in [0.4, 0.5) is 0 Å². The predicted molar refractivity (Wildman–Crippen MR) is 131 cm³/mol. The second-order valence-electron chi connectivity index (χ2n) is 9.12. The quantitative estimate of drug-likeness (QED) is 0.348. The molecule has 4 unspecified atom stereocenters. The van der Waals surface area contributed by atoms with Crippen LogP contribution in [0.15, 0.2) is 35.3 Å². The van der Waals surface area contributed by atoms with E-state index >= 15 is 0 Å². The normalized spacial score (nSPS) is 26.9. The van der Waals surface area contributed by atoms with Crippen molar-refractivity contribution in [3.05, 3.63) is 47.5 Å². The summed E-state index contributed by atoms with van der Waals surface area (Å²) in [5.41, 5.74) is 1.55. The molecule has 31 heavy (non-hydrogen) atoms. The third kappa shape index (κ3) is 3.97. The minimum absolute atomic E-state index is 0. The van der Waals surface area contributed by atoms with Gasteiger partial charge in [0.15, 0.2) is 11.8 Å². The van der Waals surface area contributed by atoms with Gasteiger partial charge in [-0.25, -0.2) is 4.99 Å². The van der Waals surface area contributed by atoms with Crippen LogP contribution in [0.2, 0.25) is 0 Å². The summed E-state index contributed by atoms with van der Waals surface area (Å²) < 4.78 is 8.10. The first kappa shape index (κ1) is 22.5. The summed E-state index contributed by atoms with van der Waals surface area (Å²) >= 11 is 0. The molecule has 3 aliphatic rings. The lowest BCUT2D eigenvalue weighted by atomic mass is 9.46. The number of guanidine groups is 1. The van der Waals surface area contributed by atoms with Crippen molar-refractivity contribution in [3.8, 4) is 0 Å². The van der Waals surface area contributed by atoms with Crippen molar-refractivity contribution in [2.24, 2.45) is 23.4 Å². The lowest BCUT2D eigenvalue weighted by molar-refractivity contribution is -0.171. The number of aromatic nitrogens is 3. The Kier molecular flexibility index (Phi) is 6.57. The lowest BCUT2D eigenvalue weighted by Gasteiger charge is -2.63. The maximum Gasteiger partial charge on any atom is 0.192 e. The molecule has 2 heterocycles. The molecule has 1 spiro atoms. The van der Waals surface area contributed by atoms with E-state index < -0.39 is 0 Å². The van der Waals surface area contributed by atoms with Crippen LogP contribution in [0.3, 0.4) is 0 Å². The molecule has 1 saturated heterocycles. The van der Waals surface area contributed by atoms with Crippen molar-refractivity contribution >= 4 is 29.9 Å². The Balaban J connectivity index is 0.00000231. The van der Waals surface area contributed by atoms with Gasteiger partial charge in [-0.3, -0.25) is 0 Å². The van der Waals surface area contributed by atoms with Crippen LogP contribution in [0, 0.1) is 18.3 Å². The Morgan fingerprint density at radius 3 is 2.71 bits per heavy atom. The van der Waals surface area contributed by atoms with Gasteiger partial charge in [-0.15, -0.1) is 34.2 Å². The van der Waals surface area contributed by atoms with Crippen molar-refractivity contribution in [3.63, 3.8) is 0 Å². The van der Waals surface area contributed by atoms with Gasteiger partial charge >= 0.3 is 0 Å². The van der Waals surface area contributed by atoms with Crippen molar-refractivity contribution in [2.75, 3.05) is 6.61 Å². The molecular weight excluding hydrogens is 503 g/mol. The Morgan fingerprint density at radius 2 is 2.06 bits per heavy atom. The molecule has 0 radical (unpaired) electrons. The fourth-order valence-electron chi connectivity index (χ4n) is 5.50. The highest BCUT2D eigenvalue weighted by Gasteiger charge is 2.66. The van der Waals surface area contributed by atoms with Crippen LogP contribution in [-0.2, 0) is 18.3 Å². The molecule has 2 N–H and O–H groups in total. The molecule has 5 rings (SSSR count). The number of nitrogens with one attached hydrogen (secondary N) is 2. The molecule has 2 saturated carbocycles. The number of nitrogens with zero attached hydrogens (tertiary/aromatic N) is 4. The van der Waals surface area contributed by atoms with Gasteiger partial charge < -0.3 is 19.9 Å². The van der Waals surface area contributed by atoms with E-state index in [0.717, 1.165) is 30.6 Å². The first-order chi connectivity index (χ1) is 14.6. The molecule has 1 aromatic carbocycles. The molecule has 168 valence electrons. The molecule has 2 aliphatic carbocycles. The van der Waals surface area contributed by atoms with Gasteiger partial charge in [-0.1, -0.05) is 36.8 Å². The second-order valence-corrected chi connectivity index (χ2v) is 9.12. The van der Waals surface area contributed by atoms with Crippen LogP contribution in [0.5, 0.6) is 0 Å². The van der Waals surface area contributed by atoms with E-state index in [1.54, 1.807) is 0 Å². The number of fused-ring (bicyclic) bond motifs is 2. The zero-order valence-corrected chi connectivity index (χ0v) is 20.9. The SMILES string of the molecule is Cc1nnc(CN=C(NC(C)c2ccccc2)NC2C3CCOC3C23CCC3)n1C.I. The van der Waals surface area contributed by atoms with Gasteiger partial charge in [0.05, 0.1) is 12.1 Å². The Labute approximate surface area is 201 Å². The Hall–Kier alpha value is -1.68. The molecular formula is C23H33IN6O. The van der Waals surface area contributed by atoms with Crippen LogP contribution >= 0.6 is 24.0 Å². The van der Waals surface area contributed by atoms with Crippen molar-refractivity contribution < 1.29 is 4.74 Å². The average Bonchev–Trinajstić information content (AvgIpc) is 3.28. The van der Waals surface area contributed by atoms with Crippen LogP contribution in [0.1, 0.15) is 55.9 Å². The van der Waals surface area contributed by atoms with Crippen molar-refractivity contribution in [1.82, 2.24) is 25.4 Å². The van der Waals surface area contributed by atoms with E-state index in [9.17, 15) is 0 Å². The van der Waals surface area contributed by atoms with Crippen molar-refractivity contribution in [2.45, 2.75) is 64.3 Å². The number of rotatable bonds is 5. The maximum atomic E-state index is 6.10. The highest BCUT2D eigenvalue weighted by atomic mass is 127. The van der Waals surface area contributed by atoms with E-state index in [1.807, 2.05) is 18.5 Å². The second kappa shape index (κ2) is 9.05. The molecule has 8 heteroatoms. The lowest BCUT2D eigenvalue weighted by Crippen LogP contribution is -2.72. The number of benzene rings is 1. The smallest absolute Gasteiger partial charge is 0.192 e. The standard InChI is InChI=1S/C23H32N6O.HI/c1-15(17-8-5-4-6-9-17)25-22(24-14-19-28-27-16(2)29(19)3)26-20-18-10-13-30-21(18)23(20)11-7-12-23;/h4-6,8-9,15,18,20-21H,7,10-14H2,1-3H3,(H2,24,25,26);1H. The largest absolute Gasteiger partial charge is 0.377 e. The first-order valence-corrected chi connectivity index (χ1v) is 11.2. The Morgan fingerprint density at radius 1 is 1.29 bits per heavy atom. The summed E-state index contributed by atoms with van der Waals surface area (Å²) in [7, 11) is 1.99. The zero-order chi connectivity index (χ0) is 20.7. The highest BCUT2D eigenvalue weighted by molar-refractivity contribution is 14.0. The molecule has 4 atom stereocenters. The summed E-state index contributed by atoms with van der Waals surface area (Å²) in [5.74, 6) is 3.23. The van der Waals surface area contributed by atoms with Gasteiger partial charge in [0, 0.05) is 31.0 Å². The average molecular weight is 536 g/mol. The molecule has 1 aliphatic heterocycles. The zero-order valence-electron chi connectivity index (χ0n) is 18.5. The number of aliphatic imine (C=N–C) groups is 1. The summed E-state index contributed by atoms with van der Waals surface area (Å²) in [6.45, 7) is 5.54. The van der Waals surface area contributed by atoms with Gasteiger partial charge in [0.2, 0.25) is 0 Å². The van der Waals surface area contributed by atoms with E-state index in [4.69, 9.17) is 9.73 Å². The molecule has 0 amide bonds. The van der Waals surface area contributed by atoms with Gasteiger partial charge in [0.1, 0.15) is 12.4 Å². The van der Waals surface area contributed by atoms with E-state index in [1.165, 1.54) is 24.8 Å². The monoisotopic (exact) mass is 536 g/mol. The van der Waals surface area contributed by atoms with Crippen molar-refractivity contribution in [1.29, 1.82) is 0 Å².